The Morgan fingerprint density at radius 1 is 1.18 bits per heavy atom. The highest BCUT2D eigenvalue weighted by atomic mass is 35.5. The molecule has 0 aliphatic carbocycles. The molecule has 0 radical (unpaired) electrons. The van der Waals surface area contributed by atoms with E-state index in [-0.39, 0.29) is 18.0 Å². The van der Waals surface area contributed by atoms with Crippen molar-refractivity contribution in [1.29, 1.82) is 0 Å². The van der Waals surface area contributed by atoms with Gasteiger partial charge in [-0.05, 0) is 36.4 Å². The standard InChI is InChI=1S/C19H17ClN4O4/c1-11(25)22-13-4-6-17(28-2)16(8-13)23-18(26)9-24-10-21-15-5-3-12(20)7-14(15)19(24)27/h3-8,10H,9H2,1-2H3,(H,22,25)(H,23,26). The van der Waals surface area contributed by atoms with E-state index >= 15 is 0 Å². The van der Waals surface area contributed by atoms with E-state index in [9.17, 15) is 14.4 Å². The molecule has 0 atom stereocenters. The van der Waals surface area contributed by atoms with E-state index in [0.717, 1.165) is 0 Å². The predicted molar refractivity (Wildman–Crippen MR) is 107 cm³/mol. The normalized spacial score (nSPS) is 10.5. The van der Waals surface area contributed by atoms with Crippen LogP contribution in [0, 0.1) is 0 Å². The molecule has 0 aliphatic rings. The summed E-state index contributed by atoms with van der Waals surface area (Å²) in [6.45, 7) is 1.13. The fraction of sp³-hybridized carbons (Fsp3) is 0.158. The third kappa shape index (κ3) is 4.29. The summed E-state index contributed by atoms with van der Waals surface area (Å²) >= 11 is 5.94. The third-order valence-electron chi connectivity index (χ3n) is 3.89. The molecule has 28 heavy (non-hydrogen) atoms. The molecule has 3 aromatic rings. The van der Waals surface area contributed by atoms with Gasteiger partial charge in [0.25, 0.3) is 5.56 Å². The highest BCUT2D eigenvalue weighted by molar-refractivity contribution is 6.31. The number of benzene rings is 2. The number of aromatic nitrogens is 2. The van der Waals surface area contributed by atoms with Gasteiger partial charge < -0.3 is 15.4 Å². The molecule has 2 aromatic carbocycles. The molecule has 0 bridgehead atoms. The van der Waals surface area contributed by atoms with Crippen LogP contribution < -0.4 is 20.9 Å². The van der Waals surface area contributed by atoms with E-state index in [1.165, 1.54) is 31.0 Å². The van der Waals surface area contributed by atoms with Crippen molar-refractivity contribution in [3.8, 4) is 5.75 Å². The number of amides is 2. The smallest absolute Gasteiger partial charge is 0.261 e. The van der Waals surface area contributed by atoms with Crippen molar-refractivity contribution in [2.75, 3.05) is 17.7 Å². The molecule has 0 saturated carbocycles. The first-order valence-corrected chi connectivity index (χ1v) is 8.65. The Labute approximate surface area is 165 Å². The molecule has 3 rings (SSSR count). The second-order valence-electron chi connectivity index (χ2n) is 5.98. The zero-order valence-electron chi connectivity index (χ0n) is 15.2. The molecule has 2 amide bonds. The zero-order chi connectivity index (χ0) is 20.3. The number of fused-ring (bicyclic) bond motifs is 1. The van der Waals surface area contributed by atoms with E-state index in [4.69, 9.17) is 16.3 Å². The third-order valence-corrected chi connectivity index (χ3v) is 4.13. The fourth-order valence-corrected chi connectivity index (χ4v) is 2.85. The number of rotatable bonds is 5. The largest absolute Gasteiger partial charge is 0.495 e. The van der Waals surface area contributed by atoms with Gasteiger partial charge in [0.05, 0.1) is 30.0 Å². The number of carbonyl (C=O) groups is 2. The topological polar surface area (TPSA) is 102 Å². The lowest BCUT2D eigenvalue weighted by Crippen LogP contribution is -2.28. The minimum Gasteiger partial charge on any atom is -0.495 e. The van der Waals surface area contributed by atoms with Crippen molar-refractivity contribution >= 4 is 45.7 Å². The van der Waals surface area contributed by atoms with E-state index in [1.807, 2.05) is 0 Å². The molecule has 1 aromatic heterocycles. The summed E-state index contributed by atoms with van der Waals surface area (Å²) in [5.41, 5.74) is 0.990. The van der Waals surface area contributed by atoms with Crippen LogP contribution in [-0.4, -0.2) is 28.5 Å². The summed E-state index contributed by atoms with van der Waals surface area (Å²) < 4.78 is 6.42. The summed E-state index contributed by atoms with van der Waals surface area (Å²) in [5, 5.41) is 6.05. The van der Waals surface area contributed by atoms with Crippen LogP contribution in [0.3, 0.4) is 0 Å². The number of halogens is 1. The van der Waals surface area contributed by atoms with Gasteiger partial charge in [-0.25, -0.2) is 4.98 Å². The average Bonchev–Trinajstić information content (AvgIpc) is 2.64. The van der Waals surface area contributed by atoms with Crippen LogP contribution in [0.1, 0.15) is 6.92 Å². The van der Waals surface area contributed by atoms with E-state index < -0.39 is 5.91 Å². The number of ether oxygens (including phenoxy) is 1. The first kappa shape index (κ1) is 19.4. The average molecular weight is 401 g/mol. The van der Waals surface area contributed by atoms with Crippen LogP contribution in [0.15, 0.2) is 47.5 Å². The number of hydrogen-bond acceptors (Lipinski definition) is 5. The van der Waals surface area contributed by atoms with E-state index in [1.54, 1.807) is 30.3 Å². The van der Waals surface area contributed by atoms with Crippen molar-refractivity contribution in [3.05, 3.63) is 58.1 Å². The summed E-state index contributed by atoms with van der Waals surface area (Å²) in [7, 11) is 1.46. The molecule has 9 heteroatoms. The highest BCUT2D eigenvalue weighted by Gasteiger charge is 2.12. The van der Waals surface area contributed by atoms with Gasteiger partial charge in [0, 0.05) is 17.6 Å². The lowest BCUT2D eigenvalue weighted by atomic mass is 10.2. The van der Waals surface area contributed by atoms with Gasteiger partial charge in [-0.15, -0.1) is 0 Å². The minimum atomic E-state index is -0.455. The van der Waals surface area contributed by atoms with Gasteiger partial charge in [0.15, 0.2) is 0 Å². The van der Waals surface area contributed by atoms with Crippen LogP contribution in [0.2, 0.25) is 5.02 Å². The highest BCUT2D eigenvalue weighted by Crippen LogP contribution is 2.27. The Morgan fingerprint density at radius 2 is 1.96 bits per heavy atom. The SMILES string of the molecule is COc1ccc(NC(C)=O)cc1NC(=O)Cn1cnc2ccc(Cl)cc2c1=O. The zero-order valence-corrected chi connectivity index (χ0v) is 15.9. The van der Waals surface area contributed by atoms with Gasteiger partial charge in [-0.2, -0.15) is 0 Å². The monoisotopic (exact) mass is 400 g/mol. The number of carbonyl (C=O) groups excluding carboxylic acids is 2. The molecule has 1 heterocycles. The van der Waals surface area contributed by atoms with Crippen LogP contribution >= 0.6 is 11.6 Å². The van der Waals surface area contributed by atoms with Gasteiger partial charge in [-0.3, -0.25) is 19.0 Å². The lowest BCUT2D eigenvalue weighted by Gasteiger charge is -2.13. The number of nitrogens with zero attached hydrogens (tertiary/aromatic N) is 2. The molecular weight excluding hydrogens is 384 g/mol. The Kier molecular flexibility index (Phi) is 5.60. The van der Waals surface area contributed by atoms with E-state index in [2.05, 4.69) is 15.6 Å². The van der Waals surface area contributed by atoms with Crippen LogP contribution in [0.5, 0.6) is 5.75 Å². The number of methoxy groups -OCH3 is 1. The van der Waals surface area contributed by atoms with Gasteiger partial charge in [-0.1, -0.05) is 11.6 Å². The minimum absolute atomic E-state index is 0.241. The Bertz CT molecular complexity index is 1130. The Balaban J connectivity index is 1.84. The molecule has 8 nitrogen and oxygen atoms in total. The maximum atomic E-state index is 12.6. The molecule has 0 saturated heterocycles. The van der Waals surface area contributed by atoms with Crippen LogP contribution in [0.4, 0.5) is 11.4 Å². The summed E-state index contributed by atoms with van der Waals surface area (Å²) in [4.78, 5) is 40.5. The first-order valence-electron chi connectivity index (χ1n) is 8.27. The Morgan fingerprint density at radius 3 is 2.68 bits per heavy atom. The molecule has 0 aliphatic heterocycles. The number of anilines is 2. The molecule has 0 spiro atoms. The first-order chi connectivity index (χ1) is 13.4. The van der Waals surface area contributed by atoms with Gasteiger partial charge >= 0.3 is 0 Å². The van der Waals surface area contributed by atoms with Crippen molar-refractivity contribution in [3.63, 3.8) is 0 Å². The maximum Gasteiger partial charge on any atom is 0.261 e. The quantitative estimate of drug-likeness (QED) is 0.685. The second-order valence-corrected chi connectivity index (χ2v) is 6.42. The Hall–Kier alpha value is -3.39. The van der Waals surface area contributed by atoms with Gasteiger partial charge in [0.1, 0.15) is 12.3 Å². The van der Waals surface area contributed by atoms with Crippen molar-refractivity contribution in [2.24, 2.45) is 0 Å². The fourth-order valence-electron chi connectivity index (χ4n) is 2.67. The maximum absolute atomic E-state index is 12.6. The van der Waals surface area contributed by atoms with Crippen molar-refractivity contribution in [1.82, 2.24) is 9.55 Å². The second kappa shape index (κ2) is 8.10. The summed E-state index contributed by atoms with van der Waals surface area (Å²) in [5.74, 6) is -0.281. The van der Waals surface area contributed by atoms with Crippen molar-refractivity contribution in [2.45, 2.75) is 13.5 Å². The summed E-state index contributed by atoms with van der Waals surface area (Å²) in [6.07, 6.45) is 1.31. The van der Waals surface area contributed by atoms with Crippen LogP contribution in [-0.2, 0) is 16.1 Å². The van der Waals surface area contributed by atoms with Crippen LogP contribution in [0.25, 0.3) is 10.9 Å². The molecular formula is C19H17ClN4O4. The number of hydrogen-bond donors (Lipinski definition) is 2. The molecule has 144 valence electrons. The van der Waals surface area contributed by atoms with E-state index in [0.29, 0.717) is 33.0 Å². The number of nitrogens with one attached hydrogen (secondary N) is 2. The van der Waals surface area contributed by atoms with Gasteiger partial charge in [0.2, 0.25) is 11.8 Å². The molecule has 0 fully saturated rings. The lowest BCUT2D eigenvalue weighted by molar-refractivity contribution is -0.117. The molecule has 0 unspecified atom stereocenters. The molecule has 2 N–H and O–H groups in total. The predicted octanol–water partition coefficient (Wildman–Crippen LogP) is 2.66. The van der Waals surface area contributed by atoms with Crippen molar-refractivity contribution < 1.29 is 14.3 Å². The summed E-state index contributed by atoms with van der Waals surface area (Å²) in [6, 6.07) is 9.63.